The maximum atomic E-state index is 14.3. The lowest BCUT2D eigenvalue weighted by molar-refractivity contribution is 0.163. The van der Waals surface area contributed by atoms with E-state index in [1.807, 2.05) is 12.1 Å². The van der Waals surface area contributed by atoms with E-state index in [9.17, 15) is 4.39 Å². The largest absolute Gasteiger partial charge is 0.486 e. The fourth-order valence-electron chi connectivity index (χ4n) is 2.68. The van der Waals surface area contributed by atoms with Gasteiger partial charge in [0.05, 0.1) is 0 Å². The third-order valence-corrected chi connectivity index (χ3v) is 3.70. The van der Waals surface area contributed by atoms with Crippen molar-refractivity contribution in [3.63, 3.8) is 0 Å². The molecule has 1 aromatic carbocycles. The molecular formula is C14H18FNO2. The second-order valence-electron chi connectivity index (χ2n) is 4.96. The van der Waals surface area contributed by atoms with Gasteiger partial charge in [0, 0.05) is 0 Å². The van der Waals surface area contributed by atoms with Gasteiger partial charge in [-0.05, 0) is 49.9 Å². The monoisotopic (exact) mass is 251 g/mol. The Morgan fingerprint density at radius 2 is 1.94 bits per heavy atom. The van der Waals surface area contributed by atoms with Crippen molar-refractivity contribution in [2.45, 2.75) is 19.3 Å². The predicted molar refractivity (Wildman–Crippen MR) is 66.7 cm³/mol. The van der Waals surface area contributed by atoms with Crippen molar-refractivity contribution in [3.05, 3.63) is 23.5 Å². The average molecular weight is 251 g/mol. The van der Waals surface area contributed by atoms with Crippen molar-refractivity contribution < 1.29 is 13.9 Å². The summed E-state index contributed by atoms with van der Waals surface area (Å²) < 4.78 is 25.0. The lowest BCUT2D eigenvalue weighted by atomic mass is 9.90. The van der Waals surface area contributed by atoms with Crippen molar-refractivity contribution in [2.24, 2.45) is 5.92 Å². The molecule has 3 nitrogen and oxygen atoms in total. The quantitative estimate of drug-likeness (QED) is 0.873. The van der Waals surface area contributed by atoms with Crippen LogP contribution in [0.15, 0.2) is 12.1 Å². The van der Waals surface area contributed by atoms with Crippen LogP contribution in [0.2, 0.25) is 0 Å². The van der Waals surface area contributed by atoms with E-state index in [4.69, 9.17) is 9.47 Å². The minimum absolute atomic E-state index is 0.231. The maximum absolute atomic E-state index is 14.3. The molecule has 0 unspecified atom stereocenters. The number of halogens is 1. The second-order valence-corrected chi connectivity index (χ2v) is 4.96. The number of fused-ring (bicyclic) bond motifs is 1. The SMILES string of the molecule is Fc1c(CC2CCNCC2)ccc2c1OCCO2. The molecule has 0 spiro atoms. The minimum atomic E-state index is -0.231. The van der Waals surface area contributed by atoms with Gasteiger partial charge in [-0.15, -0.1) is 0 Å². The second kappa shape index (κ2) is 5.14. The summed E-state index contributed by atoms with van der Waals surface area (Å²) in [6.07, 6.45) is 3.03. The molecule has 2 aliphatic rings. The van der Waals surface area contributed by atoms with Gasteiger partial charge in [0.2, 0.25) is 0 Å². The highest BCUT2D eigenvalue weighted by molar-refractivity contribution is 5.45. The van der Waals surface area contributed by atoms with Crippen LogP contribution in [0.5, 0.6) is 11.5 Å². The number of nitrogens with one attached hydrogen (secondary N) is 1. The van der Waals surface area contributed by atoms with Crippen LogP contribution in [0.3, 0.4) is 0 Å². The van der Waals surface area contributed by atoms with Crippen molar-refractivity contribution in [3.8, 4) is 11.5 Å². The predicted octanol–water partition coefficient (Wildman–Crippen LogP) is 2.14. The van der Waals surface area contributed by atoms with E-state index >= 15 is 0 Å². The smallest absolute Gasteiger partial charge is 0.197 e. The molecule has 1 aromatic rings. The first-order chi connectivity index (χ1) is 8.84. The summed E-state index contributed by atoms with van der Waals surface area (Å²) in [4.78, 5) is 0. The zero-order chi connectivity index (χ0) is 12.4. The summed E-state index contributed by atoms with van der Waals surface area (Å²) in [5.74, 6) is 1.18. The molecule has 1 fully saturated rings. The minimum Gasteiger partial charge on any atom is -0.486 e. The lowest BCUT2D eigenvalue weighted by Crippen LogP contribution is -2.29. The third kappa shape index (κ3) is 2.29. The summed E-state index contributed by atoms with van der Waals surface area (Å²) in [7, 11) is 0. The molecule has 0 aromatic heterocycles. The van der Waals surface area contributed by atoms with Gasteiger partial charge in [-0.1, -0.05) is 6.07 Å². The molecule has 3 rings (SSSR count). The molecule has 2 heterocycles. The van der Waals surface area contributed by atoms with Gasteiger partial charge in [-0.25, -0.2) is 4.39 Å². The molecule has 1 N–H and O–H groups in total. The molecule has 0 amide bonds. The Labute approximate surface area is 106 Å². The van der Waals surface area contributed by atoms with Crippen molar-refractivity contribution in [2.75, 3.05) is 26.3 Å². The van der Waals surface area contributed by atoms with E-state index in [0.29, 0.717) is 30.6 Å². The van der Waals surface area contributed by atoms with Crippen molar-refractivity contribution >= 4 is 0 Å². The summed E-state index contributed by atoms with van der Waals surface area (Å²) >= 11 is 0. The topological polar surface area (TPSA) is 30.5 Å². The van der Waals surface area contributed by atoms with E-state index < -0.39 is 0 Å². The van der Waals surface area contributed by atoms with Crippen LogP contribution >= 0.6 is 0 Å². The Morgan fingerprint density at radius 1 is 1.17 bits per heavy atom. The molecule has 0 bridgehead atoms. The fraction of sp³-hybridized carbons (Fsp3) is 0.571. The summed E-state index contributed by atoms with van der Waals surface area (Å²) in [5.41, 5.74) is 0.756. The van der Waals surface area contributed by atoms with Crippen LogP contribution in [0, 0.1) is 11.7 Å². The van der Waals surface area contributed by atoms with E-state index in [2.05, 4.69) is 5.32 Å². The molecule has 1 saturated heterocycles. The van der Waals surface area contributed by atoms with Crippen LogP contribution < -0.4 is 14.8 Å². The average Bonchev–Trinajstić information content (AvgIpc) is 2.43. The normalized spacial score (nSPS) is 19.8. The fourth-order valence-corrected chi connectivity index (χ4v) is 2.68. The summed E-state index contributed by atoms with van der Waals surface area (Å²) in [6, 6.07) is 3.67. The standard InChI is InChI=1S/C14H18FNO2/c15-13-11(9-10-3-5-16-6-4-10)1-2-12-14(13)18-8-7-17-12/h1-2,10,16H,3-9H2. The number of rotatable bonds is 2. The van der Waals surface area contributed by atoms with Crippen LogP contribution in [-0.2, 0) is 6.42 Å². The van der Waals surface area contributed by atoms with E-state index in [1.165, 1.54) is 0 Å². The summed E-state index contributed by atoms with van der Waals surface area (Å²) in [6.45, 7) is 3.01. The van der Waals surface area contributed by atoms with Crippen LogP contribution in [0.4, 0.5) is 4.39 Å². The molecule has 4 heteroatoms. The molecule has 98 valence electrons. The number of benzene rings is 1. The Morgan fingerprint density at radius 3 is 2.78 bits per heavy atom. The van der Waals surface area contributed by atoms with Gasteiger partial charge in [0.15, 0.2) is 17.3 Å². The van der Waals surface area contributed by atoms with Crippen LogP contribution in [-0.4, -0.2) is 26.3 Å². The molecular weight excluding hydrogens is 233 g/mol. The van der Waals surface area contributed by atoms with Gasteiger partial charge in [-0.3, -0.25) is 0 Å². The van der Waals surface area contributed by atoms with Crippen molar-refractivity contribution in [1.29, 1.82) is 0 Å². The number of piperidine rings is 1. The lowest BCUT2D eigenvalue weighted by Gasteiger charge is -2.24. The third-order valence-electron chi connectivity index (χ3n) is 3.70. The molecule has 0 saturated carbocycles. The first kappa shape index (κ1) is 11.8. The summed E-state index contributed by atoms with van der Waals surface area (Å²) in [5, 5.41) is 3.33. The Kier molecular flexibility index (Phi) is 3.37. The molecule has 18 heavy (non-hydrogen) atoms. The molecule has 0 radical (unpaired) electrons. The Hall–Kier alpha value is -1.29. The van der Waals surface area contributed by atoms with Gasteiger partial charge in [0.25, 0.3) is 0 Å². The van der Waals surface area contributed by atoms with Crippen LogP contribution in [0.1, 0.15) is 18.4 Å². The highest BCUT2D eigenvalue weighted by Gasteiger charge is 2.22. The van der Waals surface area contributed by atoms with Gasteiger partial charge >= 0.3 is 0 Å². The molecule has 0 aliphatic carbocycles. The number of hydrogen-bond donors (Lipinski definition) is 1. The zero-order valence-corrected chi connectivity index (χ0v) is 10.4. The van der Waals surface area contributed by atoms with Crippen molar-refractivity contribution in [1.82, 2.24) is 5.32 Å². The van der Waals surface area contributed by atoms with Gasteiger partial charge in [-0.2, -0.15) is 0 Å². The Balaban J connectivity index is 1.79. The van der Waals surface area contributed by atoms with E-state index in [1.54, 1.807) is 0 Å². The Bertz CT molecular complexity index is 430. The number of ether oxygens (including phenoxy) is 2. The van der Waals surface area contributed by atoms with Crippen LogP contribution in [0.25, 0.3) is 0 Å². The highest BCUT2D eigenvalue weighted by atomic mass is 19.1. The van der Waals surface area contributed by atoms with E-state index in [0.717, 1.165) is 37.9 Å². The highest BCUT2D eigenvalue weighted by Crippen LogP contribution is 2.35. The first-order valence-electron chi connectivity index (χ1n) is 6.62. The molecule has 2 aliphatic heterocycles. The maximum Gasteiger partial charge on any atom is 0.197 e. The van der Waals surface area contributed by atoms with E-state index in [-0.39, 0.29) is 5.82 Å². The van der Waals surface area contributed by atoms with Gasteiger partial charge in [0.1, 0.15) is 13.2 Å². The van der Waals surface area contributed by atoms with Gasteiger partial charge < -0.3 is 14.8 Å². The first-order valence-corrected chi connectivity index (χ1v) is 6.62. The molecule has 0 atom stereocenters. The zero-order valence-electron chi connectivity index (χ0n) is 10.4. The number of hydrogen-bond acceptors (Lipinski definition) is 3.